The highest BCUT2D eigenvalue weighted by Crippen LogP contribution is 2.27. The summed E-state index contributed by atoms with van der Waals surface area (Å²) in [6.45, 7) is 6.91. The molecular formula is C14H22IN3O. The van der Waals surface area contributed by atoms with Crippen molar-refractivity contribution in [1.29, 1.82) is 0 Å². The molecule has 0 bridgehead atoms. The fraction of sp³-hybridized carbons (Fsp3) is 0.714. The molecule has 4 nitrogen and oxygen atoms in total. The summed E-state index contributed by atoms with van der Waals surface area (Å²) >= 11 is 2.37. The normalized spacial score (nSPS) is 18.8. The Bertz CT molecular complexity index is 419. The fourth-order valence-electron chi connectivity index (χ4n) is 2.20. The summed E-state index contributed by atoms with van der Waals surface area (Å²) in [6.07, 6.45) is 4.27. The van der Waals surface area contributed by atoms with Gasteiger partial charge in [0, 0.05) is 19.1 Å². The molecule has 1 aliphatic heterocycles. The van der Waals surface area contributed by atoms with E-state index in [1.54, 1.807) is 0 Å². The molecule has 1 unspecified atom stereocenters. The SMILES string of the molecule is CCCNc1nc(C2CCOC2)nc(CCC)c1I. The smallest absolute Gasteiger partial charge is 0.143 e. The molecule has 1 aromatic rings. The first-order valence-electron chi connectivity index (χ1n) is 7.14. The van der Waals surface area contributed by atoms with E-state index in [0.717, 1.165) is 57.1 Å². The predicted molar refractivity (Wildman–Crippen MR) is 85.7 cm³/mol. The summed E-state index contributed by atoms with van der Waals surface area (Å²) in [5.74, 6) is 2.33. The van der Waals surface area contributed by atoms with E-state index in [1.165, 1.54) is 9.26 Å². The van der Waals surface area contributed by atoms with Crippen LogP contribution in [0.25, 0.3) is 0 Å². The molecule has 1 N–H and O–H groups in total. The Balaban J connectivity index is 2.29. The van der Waals surface area contributed by atoms with Gasteiger partial charge in [-0.2, -0.15) is 0 Å². The Morgan fingerprint density at radius 3 is 2.79 bits per heavy atom. The van der Waals surface area contributed by atoms with Gasteiger partial charge in [0.25, 0.3) is 0 Å². The number of aromatic nitrogens is 2. The maximum atomic E-state index is 5.46. The third kappa shape index (κ3) is 3.78. The molecular weight excluding hydrogens is 353 g/mol. The molecule has 0 radical (unpaired) electrons. The van der Waals surface area contributed by atoms with E-state index >= 15 is 0 Å². The van der Waals surface area contributed by atoms with Crippen molar-refractivity contribution in [2.24, 2.45) is 0 Å². The van der Waals surface area contributed by atoms with E-state index in [4.69, 9.17) is 14.7 Å². The zero-order valence-corrected chi connectivity index (χ0v) is 13.9. The molecule has 1 atom stereocenters. The molecule has 1 aromatic heterocycles. The Morgan fingerprint density at radius 1 is 1.32 bits per heavy atom. The maximum absolute atomic E-state index is 5.46. The Labute approximate surface area is 128 Å². The molecule has 0 spiro atoms. The van der Waals surface area contributed by atoms with Crippen molar-refractivity contribution in [2.75, 3.05) is 25.1 Å². The summed E-state index contributed by atoms with van der Waals surface area (Å²) in [5.41, 5.74) is 1.18. The number of aryl methyl sites for hydroxylation is 1. The topological polar surface area (TPSA) is 47.0 Å². The van der Waals surface area contributed by atoms with Crippen LogP contribution in [-0.4, -0.2) is 29.7 Å². The van der Waals surface area contributed by atoms with Gasteiger partial charge in [0.1, 0.15) is 11.6 Å². The van der Waals surface area contributed by atoms with Gasteiger partial charge >= 0.3 is 0 Å². The largest absolute Gasteiger partial charge is 0.381 e. The summed E-state index contributed by atoms with van der Waals surface area (Å²) in [7, 11) is 0. The standard InChI is InChI=1S/C14H22IN3O/c1-3-5-11-12(15)14(16-7-4-2)18-13(17-11)10-6-8-19-9-10/h10H,3-9H2,1-2H3,(H,16,17,18). The highest BCUT2D eigenvalue weighted by Gasteiger charge is 2.23. The van der Waals surface area contributed by atoms with Gasteiger partial charge in [-0.1, -0.05) is 20.3 Å². The molecule has 0 saturated carbocycles. The molecule has 0 aromatic carbocycles. The zero-order valence-electron chi connectivity index (χ0n) is 11.7. The molecule has 2 rings (SSSR count). The number of nitrogens with zero attached hydrogens (tertiary/aromatic N) is 2. The Kier molecular flexibility index (Phi) is 5.81. The van der Waals surface area contributed by atoms with Crippen molar-refractivity contribution in [3.05, 3.63) is 15.1 Å². The van der Waals surface area contributed by atoms with Crippen molar-refractivity contribution in [2.45, 2.75) is 45.4 Å². The first-order valence-corrected chi connectivity index (χ1v) is 8.22. The Hall–Kier alpha value is -0.430. The molecule has 106 valence electrons. The lowest BCUT2D eigenvalue weighted by Gasteiger charge is -2.14. The van der Waals surface area contributed by atoms with Gasteiger partial charge in [-0.3, -0.25) is 0 Å². The van der Waals surface area contributed by atoms with Crippen molar-refractivity contribution in [1.82, 2.24) is 9.97 Å². The molecule has 0 aliphatic carbocycles. The van der Waals surface area contributed by atoms with Crippen LogP contribution in [0.4, 0.5) is 5.82 Å². The minimum atomic E-state index is 0.370. The number of anilines is 1. The minimum absolute atomic E-state index is 0.370. The lowest BCUT2D eigenvalue weighted by molar-refractivity contribution is 0.193. The lowest BCUT2D eigenvalue weighted by atomic mass is 10.1. The van der Waals surface area contributed by atoms with Gasteiger partial charge in [0.15, 0.2) is 0 Å². The quantitative estimate of drug-likeness (QED) is 0.775. The van der Waals surface area contributed by atoms with Crippen LogP contribution in [0, 0.1) is 3.57 Å². The summed E-state index contributed by atoms with van der Waals surface area (Å²) in [5, 5.41) is 3.43. The zero-order chi connectivity index (χ0) is 13.7. The van der Waals surface area contributed by atoms with Crippen LogP contribution < -0.4 is 5.32 Å². The molecule has 5 heteroatoms. The van der Waals surface area contributed by atoms with Gasteiger partial charge < -0.3 is 10.1 Å². The number of ether oxygens (including phenoxy) is 1. The van der Waals surface area contributed by atoms with E-state index in [1.807, 2.05) is 0 Å². The monoisotopic (exact) mass is 375 g/mol. The van der Waals surface area contributed by atoms with E-state index < -0.39 is 0 Å². The number of rotatable bonds is 6. The second-order valence-corrected chi connectivity index (χ2v) is 6.01. The average Bonchev–Trinajstić information content (AvgIpc) is 2.94. The van der Waals surface area contributed by atoms with Crippen LogP contribution in [-0.2, 0) is 11.2 Å². The molecule has 2 heterocycles. The highest BCUT2D eigenvalue weighted by molar-refractivity contribution is 14.1. The minimum Gasteiger partial charge on any atom is -0.381 e. The van der Waals surface area contributed by atoms with Gasteiger partial charge in [0.2, 0.25) is 0 Å². The van der Waals surface area contributed by atoms with Crippen molar-refractivity contribution in [3.63, 3.8) is 0 Å². The van der Waals surface area contributed by atoms with E-state index in [2.05, 4.69) is 41.8 Å². The second kappa shape index (κ2) is 7.38. The first-order chi connectivity index (χ1) is 9.26. The molecule has 0 amide bonds. The van der Waals surface area contributed by atoms with Crippen molar-refractivity contribution in [3.8, 4) is 0 Å². The number of halogens is 1. The average molecular weight is 375 g/mol. The predicted octanol–water partition coefficient (Wildman–Crippen LogP) is 3.36. The maximum Gasteiger partial charge on any atom is 0.143 e. The van der Waals surface area contributed by atoms with Gasteiger partial charge in [-0.15, -0.1) is 0 Å². The number of hydrogen-bond acceptors (Lipinski definition) is 4. The lowest BCUT2D eigenvalue weighted by Crippen LogP contribution is -2.13. The second-order valence-electron chi connectivity index (χ2n) is 4.93. The molecule has 1 saturated heterocycles. The van der Waals surface area contributed by atoms with E-state index in [-0.39, 0.29) is 0 Å². The van der Waals surface area contributed by atoms with E-state index in [9.17, 15) is 0 Å². The van der Waals surface area contributed by atoms with Gasteiger partial charge in [-0.05, 0) is 41.9 Å². The van der Waals surface area contributed by atoms with Crippen LogP contribution >= 0.6 is 22.6 Å². The highest BCUT2D eigenvalue weighted by atomic mass is 127. The summed E-state index contributed by atoms with van der Waals surface area (Å²) < 4.78 is 6.64. The van der Waals surface area contributed by atoms with Crippen LogP contribution in [0.3, 0.4) is 0 Å². The fourth-order valence-corrected chi connectivity index (χ4v) is 2.90. The number of nitrogens with one attached hydrogen (secondary N) is 1. The van der Waals surface area contributed by atoms with Crippen molar-refractivity contribution < 1.29 is 4.74 Å². The van der Waals surface area contributed by atoms with Crippen LogP contribution in [0.1, 0.15) is 50.5 Å². The summed E-state index contributed by atoms with van der Waals surface area (Å²) in [6, 6.07) is 0. The van der Waals surface area contributed by atoms with E-state index in [0.29, 0.717) is 5.92 Å². The first kappa shape index (κ1) is 15.0. The van der Waals surface area contributed by atoms with Gasteiger partial charge in [0.05, 0.1) is 15.9 Å². The third-order valence-electron chi connectivity index (χ3n) is 3.26. The Morgan fingerprint density at radius 2 is 2.16 bits per heavy atom. The van der Waals surface area contributed by atoms with Crippen LogP contribution in [0.15, 0.2) is 0 Å². The molecule has 1 fully saturated rings. The molecule has 19 heavy (non-hydrogen) atoms. The van der Waals surface area contributed by atoms with Crippen LogP contribution in [0.2, 0.25) is 0 Å². The van der Waals surface area contributed by atoms with Crippen molar-refractivity contribution >= 4 is 28.4 Å². The summed E-state index contributed by atoms with van der Waals surface area (Å²) in [4.78, 5) is 9.50. The molecule has 1 aliphatic rings. The van der Waals surface area contributed by atoms with Gasteiger partial charge in [-0.25, -0.2) is 9.97 Å². The third-order valence-corrected chi connectivity index (χ3v) is 4.39. The number of hydrogen-bond donors (Lipinski definition) is 1. The van der Waals surface area contributed by atoms with Crippen LogP contribution in [0.5, 0.6) is 0 Å².